The third-order valence-electron chi connectivity index (χ3n) is 3.20. The molecule has 78 valence electrons. The second-order valence-corrected chi connectivity index (χ2v) is 4.51. The van der Waals surface area contributed by atoms with Crippen LogP contribution < -0.4 is 0 Å². The van der Waals surface area contributed by atoms with E-state index in [1.54, 1.807) is 0 Å². The van der Waals surface area contributed by atoms with Gasteiger partial charge in [0.2, 0.25) is 0 Å². The van der Waals surface area contributed by atoms with Gasteiger partial charge in [0, 0.05) is 5.92 Å². The molecule has 2 unspecified atom stereocenters. The van der Waals surface area contributed by atoms with Gasteiger partial charge < -0.3 is 0 Å². The van der Waals surface area contributed by atoms with Gasteiger partial charge in [-0.1, -0.05) is 55.0 Å². The van der Waals surface area contributed by atoms with Gasteiger partial charge in [0.1, 0.15) is 0 Å². The standard InChI is InChI=1S/C15H18/c1-11-8-9-15(13(3)10-11)14-7-5-4-6-12(14)2/h4-10,12,14H,1-3H3. The lowest BCUT2D eigenvalue weighted by Crippen LogP contribution is -2.08. The molecule has 0 saturated carbocycles. The van der Waals surface area contributed by atoms with Crippen molar-refractivity contribution in [2.24, 2.45) is 5.92 Å². The third-order valence-corrected chi connectivity index (χ3v) is 3.20. The summed E-state index contributed by atoms with van der Waals surface area (Å²) < 4.78 is 0. The van der Waals surface area contributed by atoms with Crippen LogP contribution >= 0.6 is 0 Å². The van der Waals surface area contributed by atoms with Crippen LogP contribution in [0.2, 0.25) is 0 Å². The summed E-state index contributed by atoms with van der Waals surface area (Å²) in [5, 5.41) is 0. The van der Waals surface area contributed by atoms with Crippen molar-refractivity contribution in [3.05, 3.63) is 59.2 Å². The molecule has 1 aromatic carbocycles. The Morgan fingerprint density at radius 1 is 1.00 bits per heavy atom. The minimum Gasteiger partial charge on any atom is -0.0808 e. The van der Waals surface area contributed by atoms with Crippen LogP contribution in [-0.4, -0.2) is 0 Å². The SMILES string of the molecule is Cc1ccc(C2C=CC=CC2C)c(C)c1. The van der Waals surface area contributed by atoms with E-state index in [4.69, 9.17) is 0 Å². The lowest BCUT2D eigenvalue weighted by molar-refractivity contribution is 0.632. The minimum absolute atomic E-state index is 0.551. The molecule has 1 aliphatic rings. The van der Waals surface area contributed by atoms with Gasteiger partial charge in [-0.25, -0.2) is 0 Å². The van der Waals surface area contributed by atoms with E-state index in [-0.39, 0.29) is 0 Å². The molecule has 0 fully saturated rings. The fourth-order valence-corrected chi connectivity index (χ4v) is 2.30. The molecule has 0 aromatic heterocycles. The van der Waals surface area contributed by atoms with E-state index in [0.29, 0.717) is 11.8 Å². The molecule has 1 aliphatic carbocycles. The van der Waals surface area contributed by atoms with Gasteiger partial charge >= 0.3 is 0 Å². The number of allylic oxidation sites excluding steroid dienone is 4. The van der Waals surface area contributed by atoms with E-state index < -0.39 is 0 Å². The average Bonchev–Trinajstić information content (AvgIpc) is 2.20. The predicted octanol–water partition coefficient (Wildman–Crippen LogP) is 4.15. The molecule has 0 spiro atoms. The summed E-state index contributed by atoms with van der Waals surface area (Å²) in [4.78, 5) is 0. The predicted molar refractivity (Wildman–Crippen MR) is 66.1 cm³/mol. The first kappa shape index (κ1) is 10.2. The van der Waals surface area contributed by atoms with Gasteiger partial charge in [-0.3, -0.25) is 0 Å². The molecule has 0 heteroatoms. The summed E-state index contributed by atoms with van der Waals surface area (Å²) in [6.07, 6.45) is 8.89. The number of hydrogen-bond acceptors (Lipinski definition) is 0. The van der Waals surface area contributed by atoms with Crippen LogP contribution in [0.1, 0.15) is 29.5 Å². The van der Waals surface area contributed by atoms with Crippen LogP contribution in [-0.2, 0) is 0 Å². The zero-order valence-electron chi connectivity index (χ0n) is 9.70. The van der Waals surface area contributed by atoms with E-state index in [1.807, 2.05) is 0 Å². The largest absolute Gasteiger partial charge is 0.0808 e. The maximum absolute atomic E-state index is 2.31. The van der Waals surface area contributed by atoms with Gasteiger partial charge in [0.15, 0.2) is 0 Å². The fraction of sp³-hybridized carbons (Fsp3) is 0.333. The van der Waals surface area contributed by atoms with Crippen molar-refractivity contribution in [1.29, 1.82) is 0 Å². The Morgan fingerprint density at radius 3 is 2.40 bits per heavy atom. The van der Waals surface area contributed by atoms with Crippen LogP contribution in [0.4, 0.5) is 0 Å². The average molecular weight is 198 g/mol. The first-order valence-corrected chi connectivity index (χ1v) is 5.60. The maximum atomic E-state index is 2.31. The Bertz CT molecular complexity index is 410. The lowest BCUT2D eigenvalue weighted by atomic mass is 9.82. The van der Waals surface area contributed by atoms with E-state index >= 15 is 0 Å². The van der Waals surface area contributed by atoms with Gasteiger partial charge in [0.05, 0.1) is 0 Å². The maximum Gasteiger partial charge on any atom is 0.00840 e. The Kier molecular flexibility index (Phi) is 2.77. The Morgan fingerprint density at radius 2 is 1.73 bits per heavy atom. The number of aryl methyl sites for hydroxylation is 2. The Labute approximate surface area is 92.3 Å². The summed E-state index contributed by atoms with van der Waals surface area (Å²) in [5.74, 6) is 1.16. The first-order valence-electron chi connectivity index (χ1n) is 5.60. The first-order chi connectivity index (χ1) is 7.18. The normalized spacial score (nSPS) is 24.5. The summed E-state index contributed by atoms with van der Waals surface area (Å²) in [5.41, 5.74) is 4.22. The molecule has 2 rings (SSSR count). The van der Waals surface area contributed by atoms with Crippen molar-refractivity contribution in [3.8, 4) is 0 Å². The lowest BCUT2D eigenvalue weighted by Gasteiger charge is -2.22. The van der Waals surface area contributed by atoms with Crippen molar-refractivity contribution in [1.82, 2.24) is 0 Å². The van der Waals surface area contributed by atoms with E-state index in [0.717, 1.165) is 0 Å². The van der Waals surface area contributed by atoms with E-state index in [2.05, 4.69) is 63.3 Å². The molecule has 0 radical (unpaired) electrons. The molecule has 0 saturated heterocycles. The second kappa shape index (κ2) is 4.06. The number of hydrogen-bond donors (Lipinski definition) is 0. The van der Waals surface area contributed by atoms with Crippen molar-refractivity contribution >= 4 is 0 Å². The number of benzene rings is 1. The van der Waals surface area contributed by atoms with Crippen molar-refractivity contribution in [3.63, 3.8) is 0 Å². The smallest absolute Gasteiger partial charge is 0.00840 e. The van der Waals surface area contributed by atoms with Crippen LogP contribution in [0, 0.1) is 19.8 Å². The molecule has 0 heterocycles. The van der Waals surface area contributed by atoms with Crippen LogP contribution in [0.5, 0.6) is 0 Å². The molecule has 2 atom stereocenters. The molecule has 15 heavy (non-hydrogen) atoms. The summed E-state index contributed by atoms with van der Waals surface area (Å²) in [6, 6.07) is 6.75. The number of rotatable bonds is 1. The highest BCUT2D eigenvalue weighted by atomic mass is 14.2. The molecule has 0 nitrogen and oxygen atoms in total. The van der Waals surface area contributed by atoms with Crippen molar-refractivity contribution in [2.75, 3.05) is 0 Å². The molecular weight excluding hydrogens is 180 g/mol. The topological polar surface area (TPSA) is 0 Å². The van der Waals surface area contributed by atoms with Crippen LogP contribution in [0.25, 0.3) is 0 Å². The van der Waals surface area contributed by atoms with E-state index in [9.17, 15) is 0 Å². The fourth-order valence-electron chi connectivity index (χ4n) is 2.30. The third kappa shape index (κ3) is 2.04. The highest BCUT2D eigenvalue weighted by Crippen LogP contribution is 2.31. The molecular formula is C15H18. The van der Waals surface area contributed by atoms with Crippen molar-refractivity contribution in [2.45, 2.75) is 26.7 Å². The summed E-state index contributed by atoms with van der Waals surface area (Å²) in [6.45, 7) is 6.64. The summed E-state index contributed by atoms with van der Waals surface area (Å²) in [7, 11) is 0. The van der Waals surface area contributed by atoms with Gasteiger partial charge in [0.25, 0.3) is 0 Å². The van der Waals surface area contributed by atoms with Gasteiger partial charge in [-0.05, 0) is 30.9 Å². The molecule has 0 aliphatic heterocycles. The summed E-state index contributed by atoms with van der Waals surface area (Å²) >= 11 is 0. The quantitative estimate of drug-likeness (QED) is 0.636. The van der Waals surface area contributed by atoms with Crippen LogP contribution in [0.3, 0.4) is 0 Å². The Hall–Kier alpha value is -1.30. The molecule has 0 bridgehead atoms. The monoisotopic (exact) mass is 198 g/mol. The molecule has 1 aromatic rings. The van der Waals surface area contributed by atoms with Crippen molar-refractivity contribution < 1.29 is 0 Å². The molecule has 0 amide bonds. The van der Waals surface area contributed by atoms with E-state index in [1.165, 1.54) is 16.7 Å². The highest BCUT2D eigenvalue weighted by molar-refractivity contribution is 5.38. The highest BCUT2D eigenvalue weighted by Gasteiger charge is 2.17. The second-order valence-electron chi connectivity index (χ2n) is 4.51. The zero-order valence-corrected chi connectivity index (χ0v) is 9.70. The van der Waals surface area contributed by atoms with Gasteiger partial charge in [-0.2, -0.15) is 0 Å². The van der Waals surface area contributed by atoms with Crippen LogP contribution in [0.15, 0.2) is 42.5 Å². The zero-order chi connectivity index (χ0) is 10.8. The minimum atomic E-state index is 0.551. The van der Waals surface area contributed by atoms with Gasteiger partial charge in [-0.15, -0.1) is 0 Å². The molecule has 0 N–H and O–H groups in total. The Balaban J connectivity index is 2.37.